The zero-order valence-electron chi connectivity index (χ0n) is 10.1. The lowest BCUT2D eigenvalue weighted by Gasteiger charge is -2.26. The van der Waals surface area contributed by atoms with Crippen LogP contribution in [0.3, 0.4) is 0 Å². The van der Waals surface area contributed by atoms with Crippen molar-refractivity contribution in [2.75, 3.05) is 19.8 Å². The van der Waals surface area contributed by atoms with E-state index >= 15 is 0 Å². The van der Waals surface area contributed by atoms with Crippen LogP contribution in [-0.2, 0) is 16.1 Å². The van der Waals surface area contributed by atoms with Crippen molar-refractivity contribution < 1.29 is 14.3 Å². The number of carbonyl (C=O) groups is 2. The van der Waals surface area contributed by atoms with Gasteiger partial charge < -0.3 is 9.64 Å². The van der Waals surface area contributed by atoms with Crippen LogP contribution in [0.15, 0.2) is 6.07 Å². The highest BCUT2D eigenvalue weighted by Crippen LogP contribution is 2.23. The Labute approximate surface area is 109 Å². The van der Waals surface area contributed by atoms with Crippen LogP contribution in [-0.4, -0.2) is 36.5 Å². The highest BCUT2D eigenvalue weighted by Gasteiger charge is 2.20. The number of hydrazine groups is 1. The summed E-state index contributed by atoms with van der Waals surface area (Å²) in [6, 6.07) is 1.78. The molecule has 0 bridgehead atoms. The van der Waals surface area contributed by atoms with E-state index < -0.39 is 0 Å². The molecule has 0 saturated carbocycles. The largest absolute Gasteiger partial charge is 0.370 e. The van der Waals surface area contributed by atoms with Gasteiger partial charge in [0.1, 0.15) is 6.61 Å². The molecule has 0 spiro atoms. The average molecular weight is 269 g/mol. The van der Waals surface area contributed by atoms with Gasteiger partial charge in [-0.2, -0.15) is 0 Å². The van der Waals surface area contributed by atoms with E-state index in [0.29, 0.717) is 24.6 Å². The number of amides is 2. The molecule has 1 aliphatic heterocycles. The van der Waals surface area contributed by atoms with Crippen molar-refractivity contribution in [3.8, 4) is 0 Å². The molecule has 0 unspecified atom stereocenters. The number of nitrogens with zero attached hydrogens (tertiary/aromatic N) is 1. The first-order chi connectivity index (χ1) is 8.61. The molecule has 0 aliphatic carbocycles. The lowest BCUT2D eigenvalue weighted by atomic mass is 10.2. The Morgan fingerprint density at radius 3 is 3.11 bits per heavy atom. The van der Waals surface area contributed by atoms with Gasteiger partial charge in [0.25, 0.3) is 5.91 Å². The van der Waals surface area contributed by atoms with Crippen LogP contribution in [0, 0.1) is 6.92 Å². The van der Waals surface area contributed by atoms with Gasteiger partial charge in [0, 0.05) is 18.0 Å². The van der Waals surface area contributed by atoms with Crippen molar-refractivity contribution in [2.24, 2.45) is 5.84 Å². The van der Waals surface area contributed by atoms with E-state index in [9.17, 15) is 9.59 Å². The molecule has 2 rings (SSSR count). The summed E-state index contributed by atoms with van der Waals surface area (Å²) >= 11 is 1.38. The number of ether oxygens (including phenoxy) is 1. The molecule has 1 saturated heterocycles. The normalized spacial score (nSPS) is 15.9. The van der Waals surface area contributed by atoms with Gasteiger partial charge in [-0.15, -0.1) is 11.3 Å². The predicted molar refractivity (Wildman–Crippen MR) is 66.9 cm³/mol. The number of carbonyl (C=O) groups excluding carboxylic acids is 2. The van der Waals surface area contributed by atoms with E-state index in [2.05, 4.69) is 5.43 Å². The molecule has 2 amide bonds. The number of thiophene rings is 1. The summed E-state index contributed by atoms with van der Waals surface area (Å²) in [6.45, 7) is 3.73. The fraction of sp³-hybridized carbons (Fsp3) is 0.455. The predicted octanol–water partition coefficient (Wildman–Crippen LogP) is 0.0188. The summed E-state index contributed by atoms with van der Waals surface area (Å²) in [5, 5.41) is 0. The van der Waals surface area contributed by atoms with Crippen molar-refractivity contribution in [3.05, 3.63) is 21.4 Å². The van der Waals surface area contributed by atoms with Crippen LogP contribution < -0.4 is 11.3 Å². The second-order valence-electron chi connectivity index (χ2n) is 4.03. The van der Waals surface area contributed by atoms with Crippen molar-refractivity contribution in [1.29, 1.82) is 0 Å². The molecule has 3 N–H and O–H groups in total. The van der Waals surface area contributed by atoms with E-state index in [4.69, 9.17) is 10.6 Å². The number of rotatable bonds is 3. The zero-order valence-corrected chi connectivity index (χ0v) is 10.9. The third kappa shape index (κ3) is 2.69. The molecule has 1 aromatic heterocycles. The van der Waals surface area contributed by atoms with Gasteiger partial charge in [0.15, 0.2) is 0 Å². The zero-order chi connectivity index (χ0) is 13.1. The van der Waals surface area contributed by atoms with E-state index in [1.54, 1.807) is 11.0 Å². The van der Waals surface area contributed by atoms with Crippen LogP contribution in [0.2, 0.25) is 0 Å². The monoisotopic (exact) mass is 269 g/mol. The minimum Gasteiger partial charge on any atom is -0.370 e. The molecular formula is C11H15N3O3S. The highest BCUT2D eigenvalue weighted by atomic mass is 32.1. The Morgan fingerprint density at radius 2 is 2.44 bits per heavy atom. The molecule has 1 aromatic rings. The fourth-order valence-corrected chi connectivity index (χ4v) is 2.72. The molecule has 2 heterocycles. The first-order valence-corrected chi connectivity index (χ1v) is 6.39. The Bertz CT molecular complexity index is 472. The van der Waals surface area contributed by atoms with Crippen molar-refractivity contribution >= 4 is 23.2 Å². The molecule has 6 nitrogen and oxygen atoms in total. The summed E-state index contributed by atoms with van der Waals surface area (Å²) in [4.78, 5) is 26.3. The molecule has 98 valence electrons. The van der Waals surface area contributed by atoms with E-state index in [1.807, 2.05) is 6.92 Å². The minimum atomic E-state index is -0.303. The standard InChI is InChI=1S/C11H15N3O3S/c1-7-8(4-9(18-7)11(16)13-12)5-14-2-3-17-6-10(14)15/h4H,2-3,5-6,12H2,1H3,(H,13,16). The first-order valence-electron chi connectivity index (χ1n) is 5.57. The molecular weight excluding hydrogens is 254 g/mol. The number of nitrogen functional groups attached to an aromatic ring is 1. The van der Waals surface area contributed by atoms with E-state index in [0.717, 1.165) is 10.4 Å². The van der Waals surface area contributed by atoms with Gasteiger partial charge in [-0.25, -0.2) is 5.84 Å². The Morgan fingerprint density at radius 1 is 1.67 bits per heavy atom. The summed E-state index contributed by atoms with van der Waals surface area (Å²) in [7, 11) is 0. The molecule has 1 aliphatic rings. The second kappa shape index (κ2) is 5.47. The summed E-state index contributed by atoms with van der Waals surface area (Å²) in [5.41, 5.74) is 3.09. The number of nitrogens with one attached hydrogen (secondary N) is 1. The number of morpholine rings is 1. The molecule has 18 heavy (non-hydrogen) atoms. The maximum Gasteiger partial charge on any atom is 0.275 e. The van der Waals surface area contributed by atoms with Gasteiger partial charge in [0.05, 0.1) is 11.5 Å². The summed E-state index contributed by atoms with van der Waals surface area (Å²) in [5.74, 6) is 4.78. The van der Waals surface area contributed by atoms with Gasteiger partial charge >= 0.3 is 0 Å². The Hall–Kier alpha value is -1.44. The quantitative estimate of drug-likeness (QED) is 0.460. The Kier molecular flexibility index (Phi) is 3.95. The van der Waals surface area contributed by atoms with Gasteiger partial charge in [-0.3, -0.25) is 15.0 Å². The lowest BCUT2D eigenvalue weighted by Crippen LogP contribution is -2.40. The third-order valence-electron chi connectivity index (χ3n) is 2.82. The maximum absolute atomic E-state index is 11.6. The Balaban J connectivity index is 2.11. The van der Waals surface area contributed by atoms with E-state index in [-0.39, 0.29) is 18.4 Å². The van der Waals surface area contributed by atoms with Crippen LogP contribution in [0.25, 0.3) is 0 Å². The molecule has 1 fully saturated rings. The number of hydrogen-bond donors (Lipinski definition) is 2. The van der Waals surface area contributed by atoms with Gasteiger partial charge in [-0.1, -0.05) is 0 Å². The first kappa shape index (κ1) is 13.0. The van der Waals surface area contributed by atoms with Crippen molar-refractivity contribution in [3.63, 3.8) is 0 Å². The molecule has 0 aromatic carbocycles. The van der Waals surface area contributed by atoms with Crippen LogP contribution in [0.5, 0.6) is 0 Å². The minimum absolute atomic E-state index is 0.0170. The molecule has 0 radical (unpaired) electrons. The van der Waals surface area contributed by atoms with Crippen LogP contribution >= 0.6 is 11.3 Å². The maximum atomic E-state index is 11.6. The highest BCUT2D eigenvalue weighted by molar-refractivity contribution is 7.14. The average Bonchev–Trinajstić information content (AvgIpc) is 2.73. The topological polar surface area (TPSA) is 84.7 Å². The summed E-state index contributed by atoms with van der Waals surface area (Å²) < 4.78 is 5.07. The third-order valence-corrected chi connectivity index (χ3v) is 3.91. The number of hydrogen-bond acceptors (Lipinski definition) is 5. The lowest BCUT2D eigenvalue weighted by molar-refractivity contribution is -0.143. The van der Waals surface area contributed by atoms with Crippen LogP contribution in [0.4, 0.5) is 0 Å². The fourth-order valence-electron chi connectivity index (χ4n) is 1.78. The van der Waals surface area contributed by atoms with Gasteiger partial charge in [0.2, 0.25) is 5.91 Å². The summed E-state index contributed by atoms with van der Waals surface area (Å²) in [6.07, 6.45) is 0. The van der Waals surface area contributed by atoms with Crippen LogP contribution in [0.1, 0.15) is 20.1 Å². The second-order valence-corrected chi connectivity index (χ2v) is 5.29. The SMILES string of the molecule is Cc1sc(C(=O)NN)cc1CN1CCOCC1=O. The molecule has 0 atom stereocenters. The smallest absolute Gasteiger partial charge is 0.275 e. The number of nitrogens with two attached hydrogens (primary N) is 1. The van der Waals surface area contributed by atoms with Crippen molar-refractivity contribution in [1.82, 2.24) is 10.3 Å². The van der Waals surface area contributed by atoms with E-state index in [1.165, 1.54) is 11.3 Å². The van der Waals surface area contributed by atoms with Crippen molar-refractivity contribution in [2.45, 2.75) is 13.5 Å². The number of aryl methyl sites for hydroxylation is 1. The molecule has 7 heteroatoms. The van der Waals surface area contributed by atoms with Gasteiger partial charge in [-0.05, 0) is 18.6 Å².